The van der Waals surface area contributed by atoms with Gasteiger partial charge in [0.25, 0.3) is 5.89 Å². The molecule has 90 valence electrons. The van der Waals surface area contributed by atoms with E-state index in [4.69, 9.17) is 25.6 Å². The van der Waals surface area contributed by atoms with Gasteiger partial charge in [-0.25, -0.2) is 0 Å². The lowest BCUT2D eigenvalue weighted by molar-refractivity contribution is 0.353. The summed E-state index contributed by atoms with van der Waals surface area (Å²) in [6.45, 7) is 0. The molecular weight excluding hydrogens is 244 g/mol. The quantitative estimate of drug-likeness (QED) is 0.785. The molecule has 0 aliphatic rings. The summed E-state index contributed by atoms with van der Waals surface area (Å²) in [6, 6.07) is 5.43. The van der Waals surface area contributed by atoms with Crippen molar-refractivity contribution in [2.75, 3.05) is 14.2 Å². The number of rotatable bonds is 4. The van der Waals surface area contributed by atoms with Gasteiger partial charge in [-0.2, -0.15) is 4.98 Å². The molecule has 0 unspecified atom stereocenters. The molecule has 0 N–H and O–H groups in total. The highest BCUT2D eigenvalue weighted by atomic mass is 35.5. The van der Waals surface area contributed by atoms with Crippen molar-refractivity contribution >= 4 is 11.6 Å². The Bertz CT molecular complexity index is 513. The van der Waals surface area contributed by atoms with Crippen LogP contribution in [0.25, 0.3) is 11.5 Å². The maximum atomic E-state index is 5.62. The molecule has 0 fully saturated rings. The number of hydrogen-bond acceptors (Lipinski definition) is 5. The van der Waals surface area contributed by atoms with Crippen LogP contribution in [0.2, 0.25) is 0 Å². The van der Waals surface area contributed by atoms with Gasteiger partial charge in [0.2, 0.25) is 0 Å². The molecule has 0 saturated carbocycles. The van der Waals surface area contributed by atoms with E-state index in [0.717, 1.165) is 0 Å². The van der Waals surface area contributed by atoms with Crippen molar-refractivity contribution in [3.63, 3.8) is 0 Å². The van der Waals surface area contributed by atoms with Gasteiger partial charge in [0, 0.05) is 0 Å². The average molecular weight is 255 g/mol. The topological polar surface area (TPSA) is 57.4 Å². The zero-order valence-corrected chi connectivity index (χ0v) is 10.2. The minimum absolute atomic E-state index is 0.204. The first-order chi connectivity index (χ1) is 8.30. The average Bonchev–Trinajstić information content (AvgIpc) is 2.86. The van der Waals surface area contributed by atoms with E-state index in [2.05, 4.69) is 10.1 Å². The minimum Gasteiger partial charge on any atom is -0.493 e. The number of alkyl halides is 1. The third kappa shape index (κ3) is 2.19. The van der Waals surface area contributed by atoms with Crippen LogP contribution in [0.15, 0.2) is 22.7 Å². The number of ether oxygens (including phenoxy) is 2. The molecule has 0 amide bonds. The summed E-state index contributed by atoms with van der Waals surface area (Å²) in [7, 11) is 3.12. The maximum Gasteiger partial charge on any atom is 0.261 e. The summed E-state index contributed by atoms with van der Waals surface area (Å²) in [5.41, 5.74) is 0.677. The predicted octanol–water partition coefficient (Wildman–Crippen LogP) is 2.49. The van der Waals surface area contributed by atoms with Crippen LogP contribution in [-0.2, 0) is 5.88 Å². The van der Waals surface area contributed by atoms with Crippen molar-refractivity contribution < 1.29 is 14.0 Å². The third-order valence-corrected chi connectivity index (χ3v) is 2.46. The number of aromatic nitrogens is 2. The van der Waals surface area contributed by atoms with Gasteiger partial charge in [-0.3, -0.25) is 0 Å². The van der Waals surface area contributed by atoms with Gasteiger partial charge in [0.05, 0.1) is 25.7 Å². The Kier molecular flexibility index (Phi) is 3.49. The smallest absolute Gasteiger partial charge is 0.261 e. The van der Waals surface area contributed by atoms with Crippen molar-refractivity contribution in [2.24, 2.45) is 0 Å². The third-order valence-electron chi connectivity index (χ3n) is 2.22. The maximum absolute atomic E-state index is 5.62. The fourth-order valence-corrected chi connectivity index (χ4v) is 1.58. The van der Waals surface area contributed by atoms with E-state index >= 15 is 0 Å². The summed E-state index contributed by atoms with van der Waals surface area (Å²) in [6.07, 6.45) is 0. The second-order valence-electron chi connectivity index (χ2n) is 3.19. The standard InChI is InChI=1S/C11H11ClN2O3/c1-15-8-5-3-4-7(10(8)16-2)11-13-9(6-12)14-17-11/h3-5H,6H2,1-2H3. The molecule has 0 aliphatic heterocycles. The van der Waals surface area contributed by atoms with E-state index in [1.54, 1.807) is 20.3 Å². The Balaban J connectivity index is 2.50. The Labute approximate surface area is 103 Å². The van der Waals surface area contributed by atoms with Crippen molar-refractivity contribution in [1.82, 2.24) is 10.1 Å². The second-order valence-corrected chi connectivity index (χ2v) is 3.46. The van der Waals surface area contributed by atoms with Crippen LogP contribution in [0.5, 0.6) is 11.5 Å². The number of benzene rings is 1. The Hall–Kier alpha value is -1.75. The fourth-order valence-electron chi connectivity index (χ4n) is 1.47. The van der Waals surface area contributed by atoms with Crippen LogP contribution < -0.4 is 9.47 Å². The van der Waals surface area contributed by atoms with Gasteiger partial charge in [-0.1, -0.05) is 11.2 Å². The van der Waals surface area contributed by atoms with E-state index in [-0.39, 0.29) is 5.88 Å². The first-order valence-electron chi connectivity index (χ1n) is 4.90. The summed E-state index contributed by atoms with van der Waals surface area (Å²) in [5, 5.41) is 3.73. The van der Waals surface area contributed by atoms with Gasteiger partial charge >= 0.3 is 0 Å². The number of halogens is 1. The molecule has 1 aromatic carbocycles. The molecule has 1 aromatic heterocycles. The lowest BCUT2D eigenvalue weighted by Crippen LogP contribution is -1.93. The molecule has 0 radical (unpaired) electrons. The molecule has 0 aliphatic carbocycles. The molecule has 6 heteroatoms. The molecule has 0 bridgehead atoms. The summed E-state index contributed by atoms with van der Waals surface area (Å²) >= 11 is 5.62. The highest BCUT2D eigenvalue weighted by molar-refractivity contribution is 6.16. The van der Waals surface area contributed by atoms with Crippen LogP contribution in [0.1, 0.15) is 5.82 Å². The van der Waals surface area contributed by atoms with Crippen LogP contribution in [0, 0.1) is 0 Å². The van der Waals surface area contributed by atoms with Crippen molar-refractivity contribution in [2.45, 2.75) is 5.88 Å². The second kappa shape index (κ2) is 5.05. The van der Waals surface area contributed by atoms with E-state index in [1.165, 1.54) is 0 Å². The summed E-state index contributed by atoms with van der Waals surface area (Å²) in [5.74, 6) is 2.16. The normalized spacial score (nSPS) is 10.3. The summed E-state index contributed by atoms with van der Waals surface area (Å²) in [4.78, 5) is 4.14. The molecule has 5 nitrogen and oxygen atoms in total. The molecular formula is C11H11ClN2O3. The first-order valence-corrected chi connectivity index (χ1v) is 5.43. The highest BCUT2D eigenvalue weighted by Crippen LogP contribution is 2.36. The Morgan fingerprint density at radius 2 is 2.12 bits per heavy atom. The monoisotopic (exact) mass is 254 g/mol. The van der Waals surface area contributed by atoms with Crippen molar-refractivity contribution in [3.8, 4) is 23.0 Å². The molecule has 17 heavy (non-hydrogen) atoms. The highest BCUT2D eigenvalue weighted by Gasteiger charge is 2.16. The van der Waals surface area contributed by atoms with Crippen molar-refractivity contribution in [3.05, 3.63) is 24.0 Å². The number of methoxy groups -OCH3 is 2. The van der Waals surface area contributed by atoms with Crippen LogP contribution >= 0.6 is 11.6 Å². The lowest BCUT2D eigenvalue weighted by atomic mass is 10.2. The molecule has 0 spiro atoms. The van der Waals surface area contributed by atoms with Gasteiger partial charge in [0.1, 0.15) is 0 Å². The van der Waals surface area contributed by atoms with Crippen LogP contribution in [0.3, 0.4) is 0 Å². The van der Waals surface area contributed by atoms with Crippen LogP contribution in [0.4, 0.5) is 0 Å². The van der Waals surface area contributed by atoms with E-state index in [9.17, 15) is 0 Å². The van der Waals surface area contributed by atoms with Gasteiger partial charge in [0.15, 0.2) is 17.3 Å². The minimum atomic E-state index is 0.204. The Morgan fingerprint density at radius 3 is 2.71 bits per heavy atom. The SMILES string of the molecule is COc1cccc(-c2nc(CCl)no2)c1OC. The number of hydrogen-bond donors (Lipinski definition) is 0. The van der Waals surface area contributed by atoms with Gasteiger partial charge in [-0.05, 0) is 12.1 Å². The lowest BCUT2D eigenvalue weighted by Gasteiger charge is -2.09. The predicted molar refractivity (Wildman–Crippen MR) is 62.4 cm³/mol. The van der Waals surface area contributed by atoms with E-state index in [1.807, 2.05) is 12.1 Å². The van der Waals surface area contributed by atoms with E-state index in [0.29, 0.717) is 28.8 Å². The van der Waals surface area contributed by atoms with Gasteiger partial charge < -0.3 is 14.0 Å². The fraction of sp³-hybridized carbons (Fsp3) is 0.273. The van der Waals surface area contributed by atoms with E-state index < -0.39 is 0 Å². The largest absolute Gasteiger partial charge is 0.493 e. The molecule has 2 rings (SSSR count). The molecule has 0 saturated heterocycles. The van der Waals surface area contributed by atoms with Gasteiger partial charge in [-0.15, -0.1) is 11.6 Å². The zero-order chi connectivity index (χ0) is 12.3. The molecule has 2 aromatic rings. The van der Waals surface area contributed by atoms with Crippen molar-refractivity contribution in [1.29, 1.82) is 0 Å². The Morgan fingerprint density at radius 1 is 1.29 bits per heavy atom. The molecule has 1 heterocycles. The molecule has 0 atom stereocenters. The number of para-hydroxylation sites is 1. The first kappa shape index (κ1) is 11.7. The van der Waals surface area contributed by atoms with Crippen LogP contribution in [-0.4, -0.2) is 24.4 Å². The number of nitrogens with zero attached hydrogens (tertiary/aromatic N) is 2. The summed E-state index contributed by atoms with van der Waals surface area (Å²) < 4.78 is 15.6. The zero-order valence-electron chi connectivity index (χ0n) is 9.44.